The maximum Gasteiger partial charge on any atom is 0.225 e. The molecule has 156 valence electrons. The van der Waals surface area contributed by atoms with Crippen LogP contribution in [0.25, 0.3) is 0 Å². The fourth-order valence-electron chi connectivity index (χ4n) is 4.33. The van der Waals surface area contributed by atoms with Gasteiger partial charge in [0.25, 0.3) is 0 Å². The molecule has 28 heavy (non-hydrogen) atoms. The van der Waals surface area contributed by atoms with E-state index in [4.69, 9.17) is 0 Å². The van der Waals surface area contributed by atoms with E-state index in [2.05, 4.69) is 26.7 Å². The molecule has 0 saturated carbocycles. The van der Waals surface area contributed by atoms with Crippen LogP contribution in [0.4, 0.5) is 11.6 Å². The average Bonchev–Trinajstić information content (AvgIpc) is 2.77. The molecule has 1 unspecified atom stereocenters. The molecule has 0 bridgehead atoms. The first-order chi connectivity index (χ1) is 13.6. The summed E-state index contributed by atoms with van der Waals surface area (Å²) < 4.78 is 0. The number of amides is 1. The number of nitrogens with zero attached hydrogens (tertiary/aromatic N) is 5. The van der Waals surface area contributed by atoms with E-state index >= 15 is 0 Å². The van der Waals surface area contributed by atoms with Gasteiger partial charge in [0, 0.05) is 45.2 Å². The Balaban J connectivity index is 1.59. The number of aliphatic hydroxyl groups is 1. The van der Waals surface area contributed by atoms with Crippen LogP contribution in [0.5, 0.6) is 0 Å². The van der Waals surface area contributed by atoms with Gasteiger partial charge in [0.2, 0.25) is 5.91 Å². The summed E-state index contributed by atoms with van der Waals surface area (Å²) in [5, 5.41) is 9.69. The number of anilines is 2. The lowest BCUT2D eigenvalue weighted by atomic mass is 9.95. The minimum atomic E-state index is 0.125. The highest BCUT2D eigenvalue weighted by Gasteiger charge is 2.28. The quantitative estimate of drug-likeness (QED) is 0.771. The van der Waals surface area contributed by atoms with Crippen molar-refractivity contribution in [1.82, 2.24) is 14.9 Å². The van der Waals surface area contributed by atoms with Gasteiger partial charge in [-0.1, -0.05) is 13.3 Å². The van der Waals surface area contributed by atoms with Crippen molar-refractivity contribution in [3.05, 3.63) is 12.4 Å². The topological polar surface area (TPSA) is 72.8 Å². The van der Waals surface area contributed by atoms with Crippen LogP contribution in [0, 0.1) is 5.92 Å². The first-order valence-corrected chi connectivity index (χ1v) is 10.8. The van der Waals surface area contributed by atoms with Gasteiger partial charge < -0.3 is 19.8 Å². The standard InChI is InChI=1S/C21H35N5O2/c1-3-4-10-24(2)21(28)17-8-12-25(13-9-17)19-14-20(23-16-22-19)26-11-6-5-7-18(26)15-27/h14,16-18,27H,3-13,15H2,1-2H3. The van der Waals surface area contributed by atoms with Crippen LogP contribution in [-0.4, -0.2) is 71.8 Å². The Hall–Kier alpha value is -1.89. The van der Waals surface area contributed by atoms with Crippen molar-refractivity contribution in [1.29, 1.82) is 0 Å². The van der Waals surface area contributed by atoms with E-state index in [0.717, 1.165) is 82.8 Å². The SMILES string of the molecule is CCCCN(C)C(=O)C1CCN(c2cc(N3CCCCC3CO)ncn2)CC1. The molecule has 1 N–H and O–H groups in total. The van der Waals surface area contributed by atoms with Gasteiger partial charge in [-0.25, -0.2) is 9.97 Å². The van der Waals surface area contributed by atoms with E-state index in [9.17, 15) is 9.90 Å². The lowest BCUT2D eigenvalue weighted by Crippen LogP contribution is -2.43. The molecule has 7 nitrogen and oxygen atoms in total. The van der Waals surface area contributed by atoms with Crippen molar-refractivity contribution in [2.45, 2.75) is 57.9 Å². The molecule has 2 aliphatic rings. The van der Waals surface area contributed by atoms with E-state index in [1.165, 1.54) is 0 Å². The van der Waals surface area contributed by atoms with E-state index in [1.54, 1.807) is 6.33 Å². The predicted octanol–water partition coefficient (Wildman–Crippen LogP) is 2.30. The Morgan fingerprint density at radius 1 is 1.18 bits per heavy atom. The summed E-state index contributed by atoms with van der Waals surface area (Å²) in [4.78, 5) is 28.0. The maximum atomic E-state index is 12.6. The average molecular weight is 390 g/mol. The summed E-state index contributed by atoms with van der Waals surface area (Å²) >= 11 is 0. The molecular weight excluding hydrogens is 354 g/mol. The second-order valence-corrected chi connectivity index (χ2v) is 8.13. The third kappa shape index (κ3) is 4.93. The van der Waals surface area contributed by atoms with Gasteiger partial charge in [-0.15, -0.1) is 0 Å². The molecule has 2 fully saturated rings. The molecule has 1 aromatic rings. The summed E-state index contributed by atoms with van der Waals surface area (Å²) in [6.07, 6.45) is 8.85. The fraction of sp³-hybridized carbons (Fsp3) is 0.762. The molecule has 2 aliphatic heterocycles. The Morgan fingerprint density at radius 2 is 1.93 bits per heavy atom. The zero-order chi connectivity index (χ0) is 19.9. The van der Waals surface area contributed by atoms with Crippen LogP contribution in [0.15, 0.2) is 12.4 Å². The third-order valence-electron chi connectivity index (χ3n) is 6.16. The Morgan fingerprint density at radius 3 is 2.64 bits per heavy atom. The largest absolute Gasteiger partial charge is 0.394 e. The zero-order valence-electron chi connectivity index (χ0n) is 17.4. The third-order valence-corrected chi connectivity index (χ3v) is 6.16. The van der Waals surface area contributed by atoms with Gasteiger partial charge in [0.15, 0.2) is 0 Å². The summed E-state index contributed by atoms with van der Waals surface area (Å²) in [5.74, 6) is 2.25. The summed E-state index contributed by atoms with van der Waals surface area (Å²) in [5.41, 5.74) is 0. The van der Waals surface area contributed by atoms with E-state index in [1.807, 2.05) is 18.0 Å². The molecule has 3 rings (SSSR count). The lowest BCUT2D eigenvalue weighted by molar-refractivity contribution is -0.134. The number of hydrogen-bond acceptors (Lipinski definition) is 6. The second-order valence-electron chi connectivity index (χ2n) is 8.13. The van der Waals surface area contributed by atoms with Gasteiger partial charge in [-0.05, 0) is 38.5 Å². The van der Waals surface area contributed by atoms with Crippen LogP contribution >= 0.6 is 0 Å². The molecule has 0 radical (unpaired) electrons. The highest BCUT2D eigenvalue weighted by molar-refractivity contribution is 5.78. The number of carbonyl (C=O) groups excluding carboxylic acids is 1. The summed E-state index contributed by atoms with van der Waals surface area (Å²) in [6.45, 7) is 5.79. The molecule has 3 heterocycles. The van der Waals surface area contributed by atoms with Gasteiger partial charge in [0.05, 0.1) is 12.6 Å². The van der Waals surface area contributed by atoms with Crippen LogP contribution in [0.1, 0.15) is 51.9 Å². The number of aromatic nitrogens is 2. The zero-order valence-corrected chi connectivity index (χ0v) is 17.4. The van der Waals surface area contributed by atoms with Crippen molar-refractivity contribution in [2.24, 2.45) is 5.92 Å². The molecule has 2 saturated heterocycles. The van der Waals surface area contributed by atoms with Crippen molar-refractivity contribution in [2.75, 3.05) is 49.6 Å². The fourth-order valence-corrected chi connectivity index (χ4v) is 4.33. The molecule has 1 atom stereocenters. The molecule has 0 aliphatic carbocycles. The maximum absolute atomic E-state index is 12.6. The molecule has 7 heteroatoms. The van der Waals surface area contributed by atoms with Crippen LogP contribution < -0.4 is 9.80 Å². The first kappa shape index (κ1) is 20.8. The monoisotopic (exact) mass is 389 g/mol. The van der Waals surface area contributed by atoms with Crippen molar-refractivity contribution in [3.63, 3.8) is 0 Å². The molecule has 1 amide bonds. The molecule has 1 aromatic heterocycles. The number of carbonyl (C=O) groups is 1. The van der Waals surface area contributed by atoms with Crippen LogP contribution in [0.3, 0.4) is 0 Å². The van der Waals surface area contributed by atoms with E-state index in [0.29, 0.717) is 0 Å². The predicted molar refractivity (Wildman–Crippen MR) is 112 cm³/mol. The number of unbranched alkanes of at least 4 members (excludes halogenated alkanes) is 1. The highest BCUT2D eigenvalue weighted by Crippen LogP contribution is 2.28. The molecular formula is C21H35N5O2. The van der Waals surface area contributed by atoms with Gasteiger partial charge in [-0.3, -0.25) is 4.79 Å². The Bertz CT molecular complexity index is 633. The van der Waals surface area contributed by atoms with Crippen molar-refractivity contribution in [3.8, 4) is 0 Å². The Kier molecular flexibility index (Phi) is 7.48. The van der Waals surface area contributed by atoms with Gasteiger partial charge in [0.1, 0.15) is 18.0 Å². The van der Waals surface area contributed by atoms with E-state index in [-0.39, 0.29) is 24.5 Å². The van der Waals surface area contributed by atoms with Crippen LogP contribution in [-0.2, 0) is 4.79 Å². The Labute approximate surface area is 168 Å². The number of hydrogen-bond donors (Lipinski definition) is 1. The van der Waals surface area contributed by atoms with Gasteiger partial charge in [-0.2, -0.15) is 0 Å². The number of aliphatic hydroxyl groups excluding tert-OH is 1. The number of rotatable bonds is 7. The summed E-state index contributed by atoms with van der Waals surface area (Å²) in [6, 6.07) is 2.20. The van der Waals surface area contributed by atoms with Crippen molar-refractivity contribution < 1.29 is 9.90 Å². The number of piperidine rings is 2. The first-order valence-electron chi connectivity index (χ1n) is 10.8. The molecule has 0 spiro atoms. The van der Waals surface area contributed by atoms with Crippen molar-refractivity contribution >= 4 is 17.5 Å². The van der Waals surface area contributed by atoms with E-state index < -0.39 is 0 Å². The summed E-state index contributed by atoms with van der Waals surface area (Å²) in [7, 11) is 1.93. The highest BCUT2D eigenvalue weighted by atomic mass is 16.3. The lowest BCUT2D eigenvalue weighted by Gasteiger charge is -2.37. The normalized spacial score (nSPS) is 21.0. The van der Waals surface area contributed by atoms with Gasteiger partial charge >= 0.3 is 0 Å². The van der Waals surface area contributed by atoms with Crippen LogP contribution in [0.2, 0.25) is 0 Å². The molecule has 0 aromatic carbocycles. The minimum absolute atomic E-state index is 0.125. The second kappa shape index (κ2) is 10.0. The minimum Gasteiger partial charge on any atom is -0.394 e. The smallest absolute Gasteiger partial charge is 0.225 e.